The standard InChI is InChI=1S/C20H19ClFN3O3/c1-20(10-9-13-5-3-2-4-6-13)18(27)25(19(28)24-20)12-17(26)23-14-7-8-16(22)15(21)11-14/h2-8,11H,9-10,12H2,1H3,(H,23,26)(H,24,28). The van der Waals surface area contributed by atoms with Gasteiger partial charge in [-0.2, -0.15) is 0 Å². The minimum absolute atomic E-state index is 0.138. The topological polar surface area (TPSA) is 78.5 Å². The minimum Gasteiger partial charge on any atom is -0.324 e. The second kappa shape index (κ2) is 7.98. The van der Waals surface area contributed by atoms with Gasteiger partial charge in [-0.25, -0.2) is 9.18 Å². The number of hydrogen-bond donors (Lipinski definition) is 2. The normalized spacial score (nSPS) is 18.9. The minimum atomic E-state index is -1.08. The summed E-state index contributed by atoms with van der Waals surface area (Å²) < 4.78 is 13.2. The molecule has 28 heavy (non-hydrogen) atoms. The van der Waals surface area contributed by atoms with Crippen LogP contribution in [0, 0.1) is 5.82 Å². The molecule has 1 heterocycles. The Kier molecular flexibility index (Phi) is 5.65. The maximum atomic E-state index is 13.2. The zero-order valence-electron chi connectivity index (χ0n) is 15.2. The van der Waals surface area contributed by atoms with Gasteiger partial charge in [-0.1, -0.05) is 41.9 Å². The third-order valence-corrected chi connectivity index (χ3v) is 4.90. The van der Waals surface area contributed by atoms with Gasteiger partial charge in [-0.05, 0) is 43.5 Å². The molecule has 0 radical (unpaired) electrons. The van der Waals surface area contributed by atoms with Gasteiger partial charge < -0.3 is 10.6 Å². The highest BCUT2D eigenvalue weighted by molar-refractivity contribution is 6.31. The molecule has 1 saturated heterocycles. The summed E-state index contributed by atoms with van der Waals surface area (Å²) in [4.78, 5) is 38.1. The van der Waals surface area contributed by atoms with Crippen LogP contribution in [0.15, 0.2) is 48.5 Å². The molecule has 6 nitrogen and oxygen atoms in total. The number of nitrogens with zero attached hydrogens (tertiary/aromatic N) is 1. The van der Waals surface area contributed by atoms with Gasteiger partial charge in [0.05, 0.1) is 5.02 Å². The van der Waals surface area contributed by atoms with E-state index in [1.54, 1.807) is 6.92 Å². The highest BCUT2D eigenvalue weighted by Crippen LogP contribution is 2.24. The van der Waals surface area contributed by atoms with Gasteiger partial charge in [0, 0.05) is 5.69 Å². The van der Waals surface area contributed by atoms with Crippen molar-refractivity contribution in [2.45, 2.75) is 25.3 Å². The van der Waals surface area contributed by atoms with Crippen molar-refractivity contribution in [1.29, 1.82) is 0 Å². The van der Waals surface area contributed by atoms with Crippen LogP contribution < -0.4 is 10.6 Å². The fourth-order valence-electron chi connectivity index (χ4n) is 3.02. The van der Waals surface area contributed by atoms with E-state index in [9.17, 15) is 18.8 Å². The second-order valence-corrected chi connectivity index (χ2v) is 7.22. The lowest BCUT2D eigenvalue weighted by molar-refractivity contribution is -0.133. The zero-order chi connectivity index (χ0) is 20.3. The molecule has 1 aliphatic heterocycles. The fourth-order valence-corrected chi connectivity index (χ4v) is 3.20. The van der Waals surface area contributed by atoms with Crippen LogP contribution in [-0.2, 0) is 16.0 Å². The maximum absolute atomic E-state index is 13.2. The molecule has 2 N–H and O–H groups in total. The number of anilines is 1. The first-order chi connectivity index (χ1) is 13.3. The maximum Gasteiger partial charge on any atom is 0.325 e. The Labute approximate surface area is 166 Å². The lowest BCUT2D eigenvalue weighted by Crippen LogP contribution is -2.45. The smallest absolute Gasteiger partial charge is 0.324 e. The van der Waals surface area contributed by atoms with Crippen molar-refractivity contribution in [2.24, 2.45) is 0 Å². The van der Waals surface area contributed by atoms with Crippen molar-refractivity contribution < 1.29 is 18.8 Å². The van der Waals surface area contributed by atoms with E-state index >= 15 is 0 Å². The fraction of sp³-hybridized carbons (Fsp3) is 0.250. The molecule has 4 amide bonds. The van der Waals surface area contributed by atoms with E-state index in [0.29, 0.717) is 12.8 Å². The number of aryl methyl sites for hydroxylation is 1. The number of carbonyl (C=O) groups is 3. The van der Waals surface area contributed by atoms with Crippen molar-refractivity contribution in [3.63, 3.8) is 0 Å². The summed E-state index contributed by atoms with van der Waals surface area (Å²) in [6.07, 6.45) is 1.02. The summed E-state index contributed by atoms with van der Waals surface area (Å²) in [5.41, 5.74) is 0.247. The van der Waals surface area contributed by atoms with Crippen LogP contribution in [0.4, 0.5) is 14.9 Å². The lowest BCUT2D eigenvalue weighted by atomic mass is 9.93. The van der Waals surface area contributed by atoms with Crippen LogP contribution in [0.3, 0.4) is 0 Å². The third kappa shape index (κ3) is 4.31. The Morgan fingerprint density at radius 1 is 1.21 bits per heavy atom. The molecule has 2 aromatic rings. The number of imide groups is 1. The zero-order valence-corrected chi connectivity index (χ0v) is 15.9. The highest BCUT2D eigenvalue weighted by Gasteiger charge is 2.47. The molecule has 1 atom stereocenters. The van der Waals surface area contributed by atoms with E-state index < -0.39 is 35.7 Å². The Balaban J connectivity index is 1.62. The highest BCUT2D eigenvalue weighted by atomic mass is 35.5. The average molecular weight is 404 g/mol. The molecule has 8 heteroatoms. The molecule has 146 valence electrons. The molecule has 1 aliphatic rings. The van der Waals surface area contributed by atoms with Crippen LogP contribution in [0.25, 0.3) is 0 Å². The average Bonchev–Trinajstić information content (AvgIpc) is 2.87. The SMILES string of the molecule is CC1(CCc2ccccc2)NC(=O)N(CC(=O)Nc2ccc(F)c(Cl)c2)C1=O. The van der Waals surface area contributed by atoms with Gasteiger partial charge in [0.15, 0.2) is 0 Å². The predicted octanol–water partition coefficient (Wildman–Crippen LogP) is 3.36. The van der Waals surface area contributed by atoms with Crippen LogP contribution in [0.2, 0.25) is 5.02 Å². The molecule has 3 rings (SSSR count). The van der Waals surface area contributed by atoms with Crippen molar-refractivity contribution in [3.8, 4) is 0 Å². The summed E-state index contributed by atoms with van der Waals surface area (Å²) >= 11 is 5.68. The van der Waals surface area contributed by atoms with E-state index in [2.05, 4.69) is 10.6 Å². The van der Waals surface area contributed by atoms with E-state index in [1.165, 1.54) is 12.1 Å². The number of benzene rings is 2. The molecular weight excluding hydrogens is 385 g/mol. The van der Waals surface area contributed by atoms with Crippen molar-refractivity contribution >= 4 is 35.1 Å². The molecule has 0 aromatic heterocycles. The molecule has 0 spiro atoms. The molecule has 0 saturated carbocycles. The lowest BCUT2D eigenvalue weighted by Gasteiger charge is -2.21. The van der Waals surface area contributed by atoms with Crippen molar-refractivity contribution in [3.05, 3.63) is 64.9 Å². The van der Waals surface area contributed by atoms with E-state index in [4.69, 9.17) is 11.6 Å². The van der Waals surface area contributed by atoms with Crippen molar-refractivity contribution in [2.75, 3.05) is 11.9 Å². The monoisotopic (exact) mass is 403 g/mol. The summed E-state index contributed by atoms with van der Waals surface area (Å²) in [6.45, 7) is 1.20. The van der Waals surface area contributed by atoms with Crippen LogP contribution in [0.1, 0.15) is 18.9 Å². The predicted molar refractivity (Wildman–Crippen MR) is 103 cm³/mol. The summed E-state index contributed by atoms with van der Waals surface area (Å²) in [5.74, 6) is -1.65. The summed E-state index contributed by atoms with van der Waals surface area (Å²) in [7, 11) is 0. The first-order valence-electron chi connectivity index (χ1n) is 8.71. The molecule has 1 unspecified atom stereocenters. The number of nitrogens with one attached hydrogen (secondary N) is 2. The summed E-state index contributed by atoms with van der Waals surface area (Å²) in [5, 5.41) is 5.03. The van der Waals surface area contributed by atoms with E-state index in [1.807, 2.05) is 30.3 Å². The number of carbonyl (C=O) groups excluding carboxylic acids is 3. The van der Waals surface area contributed by atoms with Crippen molar-refractivity contribution in [1.82, 2.24) is 10.2 Å². The number of hydrogen-bond acceptors (Lipinski definition) is 3. The number of amides is 4. The van der Waals surface area contributed by atoms with E-state index in [-0.39, 0.29) is 10.7 Å². The van der Waals surface area contributed by atoms with Crippen LogP contribution in [-0.4, -0.2) is 34.8 Å². The largest absolute Gasteiger partial charge is 0.325 e. The Hall–Kier alpha value is -2.93. The third-order valence-electron chi connectivity index (χ3n) is 4.61. The number of urea groups is 1. The Bertz CT molecular complexity index is 922. The first kappa shape index (κ1) is 19.8. The molecule has 1 fully saturated rings. The molecule has 0 bridgehead atoms. The van der Waals surface area contributed by atoms with Gasteiger partial charge in [-0.3, -0.25) is 14.5 Å². The van der Waals surface area contributed by atoms with Crippen LogP contribution >= 0.6 is 11.6 Å². The van der Waals surface area contributed by atoms with Gasteiger partial charge in [0.25, 0.3) is 5.91 Å². The second-order valence-electron chi connectivity index (χ2n) is 6.82. The Morgan fingerprint density at radius 2 is 1.93 bits per heavy atom. The van der Waals surface area contributed by atoms with Gasteiger partial charge in [-0.15, -0.1) is 0 Å². The molecule has 2 aromatic carbocycles. The Morgan fingerprint density at radius 3 is 2.61 bits per heavy atom. The van der Waals surface area contributed by atoms with Gasteiger partial charge >= 0.3 is 6.03 Å². The summed E-state index contributed by atoms with van der Waals surface area (Å²) in [6, 6.07) is 12.7. The number of rotatable bonds is 6. The van der Waals surface area contributed by atoms with E-state index in [0.717, 1.165) is 16.5 Å². The quantitative estimate of drug-likeness (QED) is 0.726. The molecule has 0 aliphatic carbocycles. The first-order valence-corrected chi connectivity index (χ1v) is 9.09. The van der Waals surface area contributed by atoms with Crippen LogP contribution in [0.5, 0.6) is 0 Å². The number of halogens is 2. The molecular formula is C20H19ClFN3O3. The van der Waals surface area contributed by atoms with Gasteiger partial charge in [0.1, 0.15) is 17.9 Å². The van der Waals surface area contributed by atoms with Gasteiger partial charge in [0.2, 0.25) is 5.91 Å².